The van der Waals surface area contributed by atoms with Crippen molar-refractivity contribution >= 4 is 13.6 Å². The van der Waals surface area contributed by atoms with Gasteiger partial charge in [-0.25, -0.2) is 0 Å². The standard InChI is InChI=1S/C6H13O5P.C4H10/c1-4(3-12(9,10)11)5(2)6(7)8;1-3-4-2/h4-5H,3H2,1-2H3,(H,7,8)(H2,9,10,11);3-4H2,1-2H3. The van der Waals surface area contributed by atoms with Crippen molar-refractivity contribution in [3.8, 4) is 0 Å². The third-order valence-corrected chi connectivity index (χ3v) is 3.32. The molecule has 16 heavy (non-hydrogen) atoms. The van der Waals surface area contributed by atoms with Crippen molar-refractivity contribution in [1.82, 2.24) is 0 Å². The van der Waals surface area contributed by atoms with Gasteiger partial charge >= 0.3 is 13.6 Å². The fraction of sp³-hybridized carbons (Fsp3) is 0.900. The van der Waals surface area contributed by atoms with E-state index in [2.05, 4.69) is 13.8 Å². The number of carboxylic acid groups (broad SMARTS) is 1. The van der Waals surface area contributed by atoms with Crippen molar-refractivity contribution < 1.29 is 24.3 Å². The van der Waals surface area contributed by atoms with Crippen LogP contribution in [0.5, 0.6) is 0 Å². The number of aliphatic carboxylic acids is 1. The van der Waals surface area contributed by atoms with Crippen LogP contribution in [0, 0.1) is 11.8 Å². The van der Waals surface area contributed by atoms with E-state index < -0.39 is 25.4 Å². The van der Waals surface area contributed by atoms with Crippen LogP contribution in [0.1, 0.15) is 40.5 Å². The topological polar surface area (TPSA) is 94.8 Å². The summed E-state index contributed by atoms with van der Waals surface area (Å²) in [6.45, 7) is 7.31. The fourth-order valence-corrected chi connectivity index (χ4v) is 1.84. The van der Waals surface area contributed by atoms with Crippen LogP contribution in [-0.2, 0) is 9.36 Å². The first-order valence-corrected chi connectivity index (χ1v) is 7.22. The lowest BCUT2D eigenvalue weighted by Gasteiger charge is -2.15. The predicted molar refractivity (Wildman–Crippen MR) is 63.5 cm³/mol. The SMILES string of the molecule is CC(CP(=O)(O)O)C(C)C(=O)O.CCCC. The Bertz CT molecular complexity index is 233. The molecule has 0 fully saturated rings. The highest BCUT2D eigenvalue weighted by atomic mass is 31.2. The Morgan fingerprint density at radius 2 is 1.56 bits per heavy atom. The van der Waals surface area contributed by atoms with Crippen LogP contribution in [0.3, 0.4) is 0 Å². The second kappa shape index (κ2) is 8.74. The molecule has 0 aliphatic rings. The minimum Gasteiger partial charge on any atom is -0.481 e. The van der Waals surface area contributed by atoms with E-state index in [1.807, 2.05) is 0 Å². The smallest absolute Gasteiger partial charge is 0.325 e. The van der Waals surface area contributed by atoms with Crippen molar-refractivity contribution in [1.29, 1.82) is 0 Å². The molecule has 0 aromatic rings. The highest BCUT2D eigenvalue weighted by Gasteiger charge is 2.26. The molecule has 0 aliphatic heterocycles. The first-order valence-electron chi connectivity index (χ1n) is 5.43. The summed E-state index contributed by atoms with van der Waals surface area (Å²) >= 11 is 0. The minimum absolute atomic E-state index is 0.375. The van der Waals surface area contributed by atoms with Crippen molar-refractivity contribution in [3.05, 3.63) is 0 Å². The summed E-state index contributed by atoms with van der Waals surface area (Å²) in [5.74, 6) is -2.27. The van der Waals surface area contributed by atoms with Gasteiger partial charge in [-0.3, -0.25) is 9.36 Å². The van der Waals surface area contributed by atoms with Gasteiger partial charge in [-0.1, -0.05) is 40.5 Å². The molecular weight excluding hydrogens is 231 g/mol. The van der Waals surface area contributed by atoms with Gasteiger partial charge in [0.2, 0.25) is 0 Å². The van der Waals surface area contributed by atoms with Crippen molar-refractivity contribution in [2.24, 2.45) is 11.8 Å². The van der Waals surface area contributed by atoms with E-state index in [0.29, 0.717) is 0 Å². The van der Waals surface area contributed by atoms with Crippen LogP contribution in [0.25, 0.3) is 0 Å². The largest absolute Gasteiger partial charge is 0.481 e. The Labute approximate surface area is 97.0 Å². The first kappa shape index (κ1) is 18.0. The molecule has 0 spiro atoms. The molecule has 0 saturated carbocycles. The van der Waals surface area contributed by atoms with Crippen LogP contribution in [0.2, 0.25) is 0 Å². The van der Waals surface area contributed by atoms with Crippen LogP contribution in [0.4, 0.5) is 0 Å². The molecule has 3 N–H and O–H groups in total. The van der Waals surface area contributed by atoms with Gasteiger partial charge in [0.05, 0.1) is 12.1 Å². The average Bonchev–Trinajstić information content (AvgIpc) is 2.14. The van der Waals surface area contributed by atoms with Gasteiger partial charge in [-0.2, -0.15) is 0 Å². The van der Waals surface area contributed by atoms with E-state index in [1.54, 1.807) is 0 Å². The molecule has 0 bridgehead atoms. The second-order valence-electron chi connectivity index (χ2n) is 3.95. The highest BCUT2D eigenvalue weighted by molar-refractivity contribution is 7.51. The quantitative estimate of drug-likeness (QED) is 0.654. The molecule has 0 radical (unpaired) electrons. The molecule has 0 saturated heterocycles. The van der Waals surface area contributed by atoms with Gasteiger partial charge in [0, 0.05) is 0 Å². The van der Waals surface area contributed by atoms with E-state index in [-0.39, 0.29) is 6.16 Å². The number of carbonyl (C=O) groups is 1. The normalized spacial score (nSPS) is 14.6. The summed E-state index contributed by atoms with van der Waals surface area (Å²) in [7, 11) is -4.08. The molecule has 0 rings (SSSR count). The van der Waals surface area contributed by atoms with E-state index >= 15 is 0 Å². The van der Waals surface area contributed by atoms with Crippen molar-refractivity contribution in [2.45, 2.75) is 40.5 Å². The summed E-state index contributed by atoms with van der Waals surface area (Å²) in [6, 6.07) is 0. The molecule has 0 aromatic heterocycles. The molecule has 0 aromatic carbocycles. The van der Waals surface area contributed by atoms with E-state index in [9.17, 15) is 9.36 Å². The lowest BCUT2D eigenvalue weighted by atomic mass is 9.98. The fourth-order valence-electron chi connectivity index (χ4n) is 0.777. The third-order valence-electron chi connectivity index (χ3n) is 2.27. The molecule has 6 heteroatoms. The molecule has 2 atom stereocenters. The Kier molecular flexibility index (Phi) is 9.83. The molecule has 98 valence electrons. The molecule has 5 nitrogen and oxygen atoms in total. The van der Waals surface area contributed by atoms with E-state index in [4.69, 9.17) is 14.9 Å². The minimum atomic E-state index is -4.08. The summed E-state index contributed by atoms with van der Waals surface area (Å²) in [5.41, 5.74) is 0. The molecule has 0 amide bonds. The monoisotopic (exact) mass is 254 g/mol. The Morgan fingerprint density at radius 1 is 1.19 bits per heavy atom. The zero-order chi connectivity index (χ0) is 13.4. The van der Waals surface area contributed by atoms with Crippen LogP contribution in [-0.4, -0.2) is 27.0 Å². The number of hydrogen-bond donors (Lipinski definition) is 3. The Balaban J connectivity index is 0. The Morgan fingerprint density at radius 3 is 1.75 bits per heavy atom. The van der Waals surface area contributed by atoms with Gasteiger partial charge in [0.1, 0.15) is 0 Å². The summed E-state index contributed by atoms with van der Waals surface area (Å²) in [4.78, 5) is 27.4. The zero-order valence-electron chi connectivity index (χ0n) is 10.4. The van der Waals surface area contributed by atoms with Gasteiger partial charge < -0.3 is 14.9 Å². The summed E-state index contributed by atoms with van der Waals surface area (Å²) in [6.07, 6.45) is 2.26. The number of unbranched alkanes of at least 4 members (excludes halogenated alkanes) is 1. The summed E-state index contributed by atoms with van der Waals surface area (Å²) in [5, 5.41) is 8.50. The van der Waals surface area contributed by atoms with Crippen LogP contribution < -0.4 is 0 Å². The predicted octanol–water partition coefficient (Wildman–Crippen LogP) is 2.33. The van der Waals surface area contributed by atoms with Crippen LogP contribution in [0.15, 0.2) is 0 Å². The third kappa shape index (κ3) is 11.7. The average molecular weight is 254 g/mol. The van der Waals surface area contributed by atoms with Gasteiger partial charge in [0.25, 0.3) is 0 Å². The van der Waals surface area contributed by atoms with Gasteiger partial charge in [-0.05, 0) is 5.92 Å². The lowest BCUT2D eigenvalue weighted by Crippen LogP contribution is -2.20. The second-order valence-corrected chi connectivity index (χ2v) is 5.65. The molecular formula is C10H23O5P. The van der Waals surface area contributed by atoms with Crippen molar-refractivity contribution in [3.63, 3.8) is 0 Å². The number of hydrogen-bond acceptors (Lipinski definition) is 2. The first-order chi connectivity index (χ1) is 7.15. The van der Waals surface area contributed by atoms with Gasteiger partial charge in [-0.15, -0.1) is 0 Å². The molecule has 2 unspecified atom stereocenters. The Hall–Kier alpha value is -0.380. The molecule has 0 aliphatic carbocycles. The lowest BCUT2D eigenvalue weighted by molar-refractivity contribution is -0.142. The van der Waals surface area contributed by atoms with E-state index in [0.717, 1.165) is 0 Å². The van der Waals surface area contributed by atoms with E-state index in [1.165, 1.54) is 26.7 Å². The van der Waals surface area contributed by atoms with Gasteiger partial charge in [0.15, 0.2) is 0 Å². The molecule has 0 heterocycles. The van der Waals surface area contributed by atoms with Crippen LogP contribution >= 0.6 is 7.60 Å². The summed E-state index contributed by atoms with van der Waals surface area (Å²) < 4.78 is 10.5. The number of rotatable bonds is 5. The van der Waals surface area contributed by atoms with Crippen molar-refractivity contribution in [2.75, 3.05) is 6.16 Å². The maximum Gasteiger partial charge on any atom is 0.325 e. The zero-order valence-corrected chi connectivity index (χ0v) is 11.3. The highest BCUT2D eigenvalue weighted by Crippen LogP contribution is 2.38. The maximum atomic E-state index is 10.5. The number of carboxylic acids is 1. The maximum absolute atomic E-state index is 10.5.